The van der Waals surface area contributed by atoms with Gasteiger partial charge in [-0.1, -0.05) is 35.9 Å². The van der Waals surface area contributed by atoms with E-state index in [9.17, 15) is 4.39 Å². The van der Waals surface area contributed by atoms with Crippen LogP contribution >= 0.6 is 22.9 Å². The predicted molar refractivity (Wildman–Crippen MR) is 134 cm³/mol. The highest BCUT2D eigenvalue weighted by Crippen LogP contribution is 2.31. The third kappa shape index (κ3) is 4.77. The fraction of sp³-hybridized carbons (Fsp3) is 0.154. The average molecular weight is 478 g/mol. The lowest BCUT2D eigenvalue weighted by Gasteiger charge is -2.09. The molecule has 5 rings (SSSR count). The molecule has 0 amide bonds. The number of rotatable bonds is 7. The van der Waals surface area contributed by atoms with Crippen LogP contribution in [0.25, 0.3) is 32.7 Å². The van der Waals surface area contributed by atoms with Crippen LogP contribution in [0.2, 0.25) is 5.02 Å². The molecule has 3 heterocycles. The van der Waals surface area contributed by atoms with Gasteiger partial charge in [0.25, 0.3) is 0 Å². The van der Waals surface area contributed by atoms with Crippen molar-refractivity contribution in [1.29, 1.82) is 0 Å². The second-order valence-electron chi connectivity index (χ2n) is 7.84. The minimum atomic E-state index is -0.311. The molecular weight excluding hydrogens is 457 g/mol. The van der Waals surface area contributed by atoms with E-state index >= 15 is 0 Å². The van der Waals surface area contributed by atoms with E-state index in [1.165, 1.54) is 16.5 Å². The molecule has 0 unspecified atom stereocenters. The van der Waals surface area contributed by atoms with Gasteiger partial charge < -0.3 is 9.73 Å². The Balaban J connectivity index is 1.25. The number of halogens is 2. The summed E-state index contributed by atoms with van der Waals surface area (Å²) >= 11 is 7.51. The van der Waals surface area contributed by atoms with E-state index in [-0.39, 0.29) is 5.82 Å². The number of hydrogen-bond donors (Lipinski definition) is 1. The number of aryl methyl sites for hydroxylation is 2. The second kappa shape index (κ2) is 9.33. The van der Waals surface area contributed by atoms with Crippen LogP contribution in [0, 0.1) is 12.7 Å². The van der Waals surface area contributed by atoms with Crippen LogP contribution in [0.3, 0.4) is 0 Å². The zero-order valence-electron chi connectivity index (χ0n) is 17.9. The first-order valence-corrected chi connectivity index (χ1v) is 11.9. The Kier molecular flexibility index (Phi) is 6.11. The van der Waals surface area contributed by atoms with Crippen molar-refractivity contribution in [3.63, 3.8) is 0 Å². The summed E-state index contributed by atoms with van der Waals surface area (Å²) in [6.07, 6.45) is 5.12. The lowest BCUT2D eigenvalue weighted by atomic mass is 10.0. The molecule has 0 bridgehead atoms. The summed E-state index contributed by atoms with van der Waals surface area (Å²) in [5.41, 5.74) is 3.46. The fourth-order valence-corrected chi connectivity index (χ4v) is 4.81. The van der Waals surface area contributed by atoms with E-state index in [1.807, 2.05) is 30.3 Å². The number of aromatic nitrogens is 2. The number of fused-ring (bicyclic) bond motifs is 1. The molecule has 0 fully saturated rings. The molecule has 0 saturated carbocycles. The highest BCUT2D eigenvalue weighted by molar-refractivity contribution is 7.18. The molecule has 0 aliphatic heterocycles. The highest BCUT2D eigenvalue weighted by atomic mass is 35.5. The van der Waals surface area contributed by atoms with E-state index in [4.69, 9.17) is 26.0 Å². The quantitative estimate of drug-likeness (QED) is 0.243. The summed E-state index contributed by atoms with van der Waals surface area (Å²) in [6, 6.07) is 16.7. The minimum Gasteiger partial charge on any atom is -0.472 e. The van der Waals surface area contributed by atoms with Gasteiger partial charge in [0.2, 0.25) is 0 Å². The highest BCUT2D eigenvalue weighted by Gasteiger charge is 2.12. The molecule has 2 aromatic carbocycles. The molecule has 7 heteroatoms. The van der Waals surface area contributed by atoms with Gasteiger partial charge in [-0.3, -0.25) is 0 Å². The van der Waals surface area contributed by atoms with Crippen LogP contribution in [0.15, 0.2) is 71.5 Å². The zero-order valence-corrected chi connectivity index (χ0v) is 19.5. The molecular formula is C26H21ClFN3OS. The van der Waals surface area contributed by atoms with Crippen LogP contribution < -0.4 is 5.32 Å². The van der Waals surface area contributed by atoms with Crippen molar-refractivity contribution < 1.29 is 8.81 Å². The molecule has 0 spiro atoms. The number of hydrogen-bond acceptors (Lipinski definition) is 5. The van der Waals surface area contributed by atoms with Crippen molar-refractivity contribution in [1.82, 2.24) is 9.97 Å². The summed E-state index contributed by atoms with van der Waals surface area (Å²) in [7, 11) is 0. The lowest BCUT2D eigenvalue weighted by Crippen LogP contribution is -2.06. The number of nitrogens with one attached hydrogen (secondary N) is 1. The average Bonchev–Trinajstić information content (AvgIpc) is 3.46. The smallest absolute Gasteiger partial charge is 0.166 e. The van der Waals surface area contributed by atoms with Crippen molar-refractivity contribution in [3.05, 3.63) is 88.4 Å². The second-order valence-corrected chi connectivity index (χ2v) is 9.51. The zero-order chi connectivity index (χ0) is 22.8. The standard InChI is InChI=1S/C26H21ClFN3OS/c1-16-13-22-25(30-24(31-26(22)33-16)19-10-12-32-15-19)29-11-2-3-17-4-6-18(7-5-17)21-9-8-20(27)14-23(21)28/h4-10,12-15H,2-3,11H2,1H3,(H,29,30,31). The molecule has 166 valence electrons. The maximum Gasteiger partial charge on any atom is 0.166 e. The van der Waals surface area contributed by atoms with Crippen LogP contribution in [0.4, 0.5) is 10.2 Å². The molecule has 3 aromatic heterocycles. The van der Waals surface area contributed by atoms with E-state index in [0.717, 1.165) is 46.5 Å². The number of nitrogens with zero attached hydrogens (tertiary/aromatic N) is 2. The normalized spacial score (nSPS) is 11.2. The molecule has 33 heavy (non-hydrogen) atoms. The molecule has 0 atom stereocenters. The van der Waals surface area contributed by atoms with Gasteiger partial charge >= 0.3 is 0 Å². The van der Waals surface area contributed by atoms with E-state index in [1.54, 1.807) is 36.0 Å². The van der Waals surface area contributed by atoms with Gasteiger partial charge in [-0.15, -0.1) is 11.3 Å². The third-order valence-electron chi connectivity index (χ3n) is 5.43. The topological polar surface area (TPSA) is 51.0 Å². The van der Waals surface area contributed by atoms with Gasteiger partial charge in [0, 0.05) is 22.0 Å². The Morgan fingerprint density at radius 1 is 1.03 bits per heavy atom. The Bertz CT molecular complexity index is 1400. The van der Waals surface area contributed by atoms with Gasteiger partial charge in [-0.2, -0.15) is 0 Å². The Labute approximate surface area is 200 Å². The number of benzene rings is 2. The lowest BCUT2D eigenvalue weighted by molar-refractivity contribution is 0.568. The van der Waals surface area contributed by atoms with Gasteiger partial charge in [-0.25, -0.2) is 14.4 Å². The van der Waals surface area contributed by atoms with Crippen molar-refractivity contribution in [3.8, 4) is 22.5 Å². The molecule has 0 radical (unpaired) electrons. The predicted octanol–water partition coefficient (Wildman–Crippen LogP) is 7.76. The largest absolute Gasteiger partial charge is 0.472 e. The Morgan fingerprint density at radius 3 is 2.64 bits per heavy atom. The number of furan rings is 1. The number of thiophene rings is 1. The number of anilines is 1. The van der Waals surface area contributed by atoms with Crippen LogP contribution in [-0.2, 0) is 6.42 Å². The van der Waals surface area contributed by atoms with Gasteiger partial charge in [0.05, 0.1) is 17.2 Å². The first kappa shape index (κ1) is 21.6. The third-order valence-corrected chi connectivity index (χ3v) is 6.61. The molecule has 4 nitrogen and oxygen atoms in total. The van der Waals surface area contributed by atoms with Crippen LogP contribution in [-0.4, -0.2) is 16.5 Å². The summed E-state index contributed by atoms with van der Waals surface area (Å²) in [5.74, 6) is 1.19. The molecule has 0 aliphatic rings. The molecule has 0 saturated heterocycles. The van der Waals surface area contributed by atoms with Crippen molar-refractivity contribution in [2.75, 3.05) is 11.9 Å². The van der Waals surface area contributed by atoms with E-state index < -0.39 is 0 Å². The van der Waals surface area contributed by atoms with E-state index in [0.29, 0.717) is 16.4 Å². The minimum absolute atomic E-state index is 0.311. The first-order valence-electron chi connectivity index (χ1n) is 10.7. The molecule has 5 aromatic rings. The monoisotopic (exact) mass is 477 g/mol. The Hall–Kier alpha value is -3.22. The van der Waals surface area contributed by atoms with E-state index in [2.05, 4.69) is 18.3 Å². The maximum absolute atomic E-state index is 14.2. The van der Waals surface area contributed by atoms with Crippen molar-refractivity contribution in [2.24, 2.45) is 0 Å². The maximum atomic E-state index is 14.2. The van der Waals surface area contributed by atoms with Gasteiger partial charge in [-0.05, 0) is 61.2 Å². The van der Waals surface area contributed by atoms with Gasteiger partial charge in [0.15, 0.2) is 5.82 Å². The molecule has 0 aliphatic carbocycles. The van der Waals surface area contributed by atoms with Gasteiger partial charge in [0.1, 0.15) is 22.7 Å². The summed E-state index contributed by atoms with van der Waals surface area (Å²) in [4.78, 5) is 11.6. The summed E-state index contributed by atoms with van der Waals surface area (Å²) in [6.45, 7) is 2.85. The molecule has 1 N–H and O–H groups in total. The van der Waals surface area contributed by atoms with Crippen LogP contribution in [0.5, 0.6) is 0 Å². The van der Waals surface area contributed by atoms with Crippen molar-refractivity contribution >= 4 is 39.0 Å². The fourth-order valence-electron chi connectivity index (χ4n) is 3.77. The van der Waals surface area contributed by atoms with Crippen molar-refractivity contribution in [2.45, 2.75) is 19.8 Å². The first-order chi connectivity index (χ1) is 16.1. The Morgan fingerprint density at radius 2 is 1.88 bits per heavy atom. The SMILES string of the molecule is Cc1cc2c(NCCCc3ccc(-c4ccc(Cl)cc4F)cc3)nc(-c3ccoc3)nc2s1. The summed E-state index contributed by atoms with van der Waals surface area (Å²) in [5, 5.41) is 4.93. The van der Waals surface area contributed by atoms with Crippen LogP contribution in [0.1, 0.15) is 16.9 Å². The summed E-state index contributed by atoms with van der Waals surface area (Å²) < 4.78 is 19.4.